The van der Waals surface area contributed by atoms with Gasteiger partial charge in [0.15, 0.2) is 5.11 Å². The summed E-state index contributed by atoms with van der Waals surface area (Å²) in [5.74, 6) is 0. The molecule has 6 heteroatoms. The van der Waals surface area contributed by atoms with Gasteiger partial charge in [-0.25, -0.2) is 0 Å². The van der Waals surface area contributed by atoms with E-state index in [4.69, 9.17) is 17.0 Å². The van der Waals surface area contributed by atoms with E-state index in [2.05, 4.69) is 33.7 Å². The molecule has 0 unspecified atom stereocenters. The van der Waals surface area contributed by atoms with Gasteiger partial charge in [-0.15, -0.1) is 0 Å². The fourth-order valence-electron chi connectivity index (χ4n) is 2.08. The van der Waals surface area contributed by atoms with Crippen molar-refractivity contribution in [3.8, 4) is 0 Å². The second-order valence-electron chi connectivity index (χ2n) is 4.94. The molecule has 1 aliphatic heterocycles. The van der Waals surface area contributed by atoms with Crippen LogP contribution in [0.3, 0.4) is 0 Å². The lowest BCUT2D eigenvalue weighted by atomic mass is 10.1. The van der Waals surface area contributed by atoms with E-state index in [0.717, 1.165) is 45.0 Å². The van der Waals surface area contributed by atoms with E-state index < -0.39 is 0 Å². The van der Waals surface area contributed by atoms with Crippen LogP contribution in [0.15, 0.2) is 29.4 Å². The first-order valence-electron chi connectivity index (χ1n) is 7.18. The third-order valence-corrected chi connectivity index (χ3v) is 3.61. The van der Waals surface area contributed by atoms with E-state index in [1.807, 2.05) is 18.2 Å². The maximum absolute atomic E-state index is 5.31. The third kappa shape index (κ3) is 5.79. The molecular formula is C15H22N4OS. The lowest BCUT2D eigenvalue weighted by Gasteiger charge is -2.26. The minimum absolute atomic E-state index is 0.549. The van der Waals surface area contributed by atoms with Crippen molar-refractivity contribution < 1.29 is 4.74 Å². The summed E-state index contributed by atoms with van der Waals surface area (Å²) in [5, 5.41) is 7.86. The van der Waals surface area contributed by atoms with Crippen LogP contribution in [-0.2, 0) is 4.74 Å². The summed E-state index contributed by atoms with van der Waals surface area (Å²) in [6.07, 6.45) is 1.78. The predicted octanol–water partition coefficient (Wildman–Crippen LogP) is 1.13. The highest BCUT2D eigenvalue weighted by molar-refractivity contribution is 7.80. The van der Waals surface area contributed by atoms with Crippen LogP contribution in [0, 0.1) is 6.92 Å². The number of nitrogens with zero attached hydrogens (tertiary/aromatic N) is 2. The lowest BCUT2D eigenvalue weighted by molar-refractivity contribution is 0.0389. The monoisotopic (exact) mass is 306 g/mol. The Morgan fingerprint density at radius 1 is 1.38 bits per heavy atom. The first-order chi connectivity index (χ1) is 10.3. The van der Waals surface area contributed by atoms with Crippen molar-refractivity contribution >= 4 is 23.5 Å². The Kier molecular flexibility index (Phi) is 6.59. The Hall–Kier alpha value is -1.50. The predicted molar refractivity (Wildman–Crippen MR) is 89.8 cm³/mol. The fraction of sp³-hybridized carbons (Fsp3) is 0.467. The van der Waals surface area contributed by atoms with Crippen LogP contribution in [-0.4, -0.2) is 55.6 Å². The molecule has 0 atom stereocenters. The quantitative estimate of drug-likeness (QED) is 0.485. The van der Waals surface area contributed by atoms with Gasteiger partial charge < -0.3 is 10.1 Å². The molecule has 2 rings (SSSR count). The molecule has 1 aromatic rings. The Labute approximate surface area is 131 Å². The molecular weight excluding hydrogens is 284 g/mol. The van der Waals surface area contributed by atoms with Crippen molar-refractivity contribution in [1.29, 1.82) is 0 Å². The van der Waals surface area contributed by atoms with Crippen molar-refractivity contribution in [2.75, 3.05) is 39.4 Å². The number of hydrogen-bond acceptors (Lipinski definition) is 4. The van der Waals surface area contributed by atoms with Gasteiger partial charge >= 0.3 is 0 Å². The van der Waals surface area contributed by atoms with Gasteiger partial charge in [-0.2, -0.15) is 5.10 Å². The summed E-state index contributed by atoms with van der Waals surface area (Å²) in [5.41, 5.74) is 5.12. The average molecular weight is 306 g/mol. The molecule has 114 valence electrons. The zero-order chi connectivity index (χ0) is 14.9. The van der Waals surface area contributed by atoms with Gasteiger partial charge in [0.05, 0.1) is 19.4 Å². The highest BCUT2D eigenvalue weighted by atomic mass is 32.1. The van der Waals surface area contributed by atoms with Crippen molar-refractivity contribution in [1.82, 2.24) is 15.6 Å². The van der Waals surface area contributed by atoms with Crippen LogP contribution in [0.5, 0.6) is 0 Å². The largest absolute Gasteiger partial charge is 0.379 e. The molecule has 0 bridgehead atoms. The molecule has 0 amide bonds. The number of nitrogens with one attached hydrogen (secondary N) is 2. The number of morpholine rings is 1. The molecule has 1 fully saturated rings. The summed E-state index contributed by atoms with van der Waals surface area (Å²) in [6.45, 7) is 7.46. The lowest BCUT2D eigenvalue weighted by Crippen LogP contribution is -2.42. The van der Waals surface area contributed by atoms with E-state index in [-0.39, 0.29) is 0 Å². The summed E-state index contributed by atoms with van der Waals surface area (Å²) >= 11 is 5.19. The van der Waals surface area contributed by atoms with Gasteiger partial charge in [0.1, 0.15) is 0 Å². The fourth-order valence-corrected chi connectivity index (χ4v) is 2.24. The number of ether oxygens (including phenoxy) is 1. The number of aryl methyl sites for hydroxylation is 1. The molecule has 0 aromatic heterocycles. The normalized spacial score (nSPS) is 16.0. The van der Waals surface area contributed by atoms with Crippen LogP contribution < -0.4 is 10.7 Å². The summed E-state index contributed by atoms with van der Waals surface area (Å²) in [7, 11) is 0. The first-order valence-corrected chi connectivity index (χ1v) is 7.59. The number of rotatable bonds is 5. The first kappa shape index (κ1) is 15.9. The standard InChI is InChI=1S/C15H22N4OS/c1-13-4-2-3-5-14(13)12-17-18-15(21)16-6-7-19-8-10-20-11-9-19/h2-5,12H,6-11H2,1H3,(H2,16,18,21)/b17-12-. The van der Waals surface area contributed by atoms with Crippen LogP contribution >= 0.6 is 12.2 Å². The van der Waals surface area contributed by atoms with E-state index in [1.165, 1.54) is 5.56 Å². The van der Waals surface area contributed by atoms with E-state index in [0.29, 0.717) is 5.11 Å². The zero-order valence-corrected chi connectivity index (χ0v) is 13.2. The molecule has 2 N–H and O–H groups in total. The van der Waals surface area contributed by atoms with Gasteiger partial charge in [0.2, 0.25) is 0 Å². The van der Waals surface area contributed by atoms with Crippen LogP contribution in [0.2, 0.25) is 0 Å². The molecule has 0 saturated carbocycles. The van der Waals surface area contributed by atoms with E-state index in [9.17, 15) is 0 Å². The number of benzene rings is 1. The smallest absolute Gasteiger partial charge is 0.187 e. The number of hydrogen-bond donors (Lipinski definition) is 2. The van der Waals surface area contributed by atoms with Crippen molar-refractivity contribution in [3.63, 3.8) is 0 Å². The van der Waals surface area contributed by atoms with Crippen molar-refractivity contribution in [2.45, 2.75) is 6.92 Å². The summed E-state index contributed by atoms with van der Waals surface area (Å²) in [6, 6.07) is 8.08. The Bertz CT molecular complexity index is 486. The second-order valence-corrected chi connectivity index (χ2v) is 5.34. The van der Waals surface area contributed by atoms with Crippen LogP contribution in [0.4, 0.5) is 0 Å². The highest BCUT2D eigenvalue weighted by Gasteiger charge is 2.09. The molecule has 21 heavy (non-hydrogen) atoms. The van der Waals surface area contributed by atoms with Gasteiger partial charge in [0, 0.05) is 26.2 Å². The molecule has 0 aliphatic carbocycles. The maximum Gasteiger partial charge on any atom is 0.187 e. The van der Waals surface area contributed by atoms with Crippen LogP contribution in [0.1, 0.15) is 11.1 Å². The topological polar surface area (TPSA) is 48.9 Å². The average Bonchev–Trinajstić information content (AvgIpc) is 2.50. The Morgan fingerprint density at radius 2 is 2.14 bits per heavy atom. The minimum atomic E-state index is 0.549. The van der Waals surface area contributed by atoms with Gasteiger partial charge in [0.25, 0.3) is 0 Å². The van der Waals surface area contributed by atoms with E-state index in [1.54, 1.807) is 6.21 Å². The second kappa shape index (κ2) is 8.71. The van der Waals surface area contributed by atoms with Gasteiger partial charge in [-0.3, -0.25) is 10.3 Å². The Morgan fingerprint density at radius 3 is 2.90 bits per heavy atom. The minimum Gasteiger partial charge on any atom is -0.379 e. The molecule has 1 aliphatic rings. The van der Waals surface area contributed by atoms with E-state index >= 15 is 0 Å². The zero-order valence-electron chi connectivity index (χ0n) is 12.3. The molecule has 0 spiro atoms. The summed E-state index contributed by atoms with van der Waals surface area (Å²) < 4.78 is 5.31. The third-order valence-electron chi connectivity index (χ3n) is 3.38. The molecule has 1 saturated heterocycles. The SMILES string of the molecule is Cc1ccccc1/C=N\NC(=S)NCCN1CCOCC1. The van der Waals surface area contributed by atoms with Crippen LogP contribution in [0.25, 0.3) is 0 Å². The van der Waals surface area contributed by atoms with Crippen molar-refractivity contribution in [3.05, 3.63) is 35.4 Å². The van der Waals surface area contributed by atoms with Crippen molar-refractivity contribution in [2.24, 2.45) is 5.10 Å². The van der Waals surface area contributed by atoms with Gasteiger partial charge in [-0.05, 0) is 30.3 Å². The molecule has 5 nitrogen and oxygen atoms in total. The maximum atomic E-state index is 5.31. The number of hydrazone groups is 1. The highest BCUT2D eigenvalue weighted by Crippen LogP contribution is 2.02. The molecule has 0 radical (unpaired) electrons. The van der Waals surface area contributed by atoms with Gasteiger partial charge in [-0.1, -0.05) is 24.3 Å². The molecule has 1 aromatic carbocycles. The molecule has 1 heterocycles. The summed E-state index contributed by atoms with van der Waals surface area (Å²) in [4.78, 5) is 2.36. The Balaban J connectivity index is 1.64. The number of thiocarbonyl (C=S) groups is 1.